The Morgan fingerprint density at radius 3 is 2.48 bits per heavy atom. The summed E-state index contributed by atoms with van der Waals surface area (Å²) >= 11 is 0. The van der Waals surface area contributed by atoms with Crippen LogP contribution in [0.3, 0.4) is 0 Å². The smallest absolute Gasteiger partial charge is 0.176 e. The first kappa shape index (κ1) is 18.9. The van der Waals surface area contributed by atoms with E-state index in [2.05, 4.69) is 17.1 Å². The molecule has 29 heavy (non-hydrogen) atoms. The number of para-hydroxylation sites is 1. The molecule has 0 aliphatic carbocycles. The topological polar surface area (TPSA) is 80.8 Å². The molecule has 3 heterocycles. The van der Waals surface area contributed by atoms with Gasteiger partial charge in [0.15, 0.2) is 11.2 Å². The number of carbonyl (C=O) groups excluding carboxylic acids is 1. The number of pyridine rings is 1. The molecule has 0 bridgehead atoms. The molecule has 5 nitrogen and oxygen atoms in total. The van der Waals surface area contributed by atoms with Gasteiger partial charge in [-0.3, -0.25) is 9.78 Å². The summed E-state index contributed by atoms with van der Waals surface area (Å²) in [6.45, 7) is 5.65. The van der Waals surface area contributed by atoms with E-state index in [-0.39, 0.29) is 5.78 Å². The number of ketones is 1. The van der Waals surface area contributed by atoms with Crippen molar-refractivity contribution in [2.45, 2.75) is 38.8 Å². The van der Waals surface area contributed by atoms with E-state index in [1.165, 1.54) is 0 Å². The van der Waals surface area contributed by atoms with Gasteiger partial charge >= 0.3 is 0 Å². The number of nitrogens with zero attached hydrogens (tertiary/aromatic N) is 4. The van der Waals surface area contributed by atoms with Crippen molar-refractivity contribution in [2.24, 2.45) is 10.8 Å². The third kappa shape index (κ3) is 2.66. The van der Waals surface area contributed by atoms with Gasteiger partial charge in [-0.2, -0.15) is 10.5 Å². The largest absolute Gasteiger partial charge is 0.351 e. The van der Waals surface area contributed by atoms with E-state index >= 15 is 0 Å². The molecule has 0 radical (unpaired) electrons. The zero-order chi connectivity index (χ0) is 20.8. The van der Waals surface area contributed by atoms with Gasteiger partial charge in [0.25, 0.3) is 0 Å². The Morgan fingerprint density at radius 1 is 1.14 bits per heavy atom. The average molecular weight is 382 g/mol. The molecule has 144 valence electrons. The molecule has 1 aromatic carbocycles. The first-order chi connectivity index (χ1) is 13.8. The van der Waals surface area contributed by atoms with Crippen molar-refractivity contribution in [1.29, 1.82) is 10.5 Å². The minimum absolute atomic E-state index is 0.00818. The summed E-state index contributed by atoms with van der Waals surface area (Å²) in [5, 5.41) is 20.5. The molecule has 1 fully saturated rings. The molecule has 1 saturated heterocycles. The maximum absolute atomic E-state index is 13.7. The number of fused-ring (bicyclic) bond motifs is 3. The van der Waals surface area contributed by atoms with E-state index in [1.54, 1.807) is 18.5 Å². The zero-order valence-corrected chi connectivity index (χ0v) is 16.7. The Bertz CT molecular complexity index is 1050. The second kappa shape index (κ2) is 6.57. The fourth-order valence-electron chi connectivity index (χ4n) is 4.61. The van der Waals surface area contributed by atoms with E-state index < -0.39 is 28.8 Å². The van der Waals surface area contributed by atoms with Gasteiger partial charge in [-0.05, 0) is 23.3 Å². The summed E-state index contributed by atoms with van der Waals surface area (Å²) in [6.07, 6.45) is 7.17. The summed E-state index contributed by atoms with van der Waals surface area (Å²) in [7, 11) is 0. The molecule has 1 aromatic heterocycles. The Morgan fingerprint density at radius 2 is 1.86 bits per heavy atom. The predicted octanol–water partition coefficient (Wildman–Crippen LogP) is 4.10. The van der Waals surface area contributed by atoms with Crippen LogP contribution in [0.4, 0.5) is 5.69 Å². The van der Waals surface area contributed by atoms with E-state index in [0.29, 0.717) is 0 Å². The van der Waals surface area contributed by atoms with Gasteiger partial charge in [-0.25, -0.2) is 0 Å². The van der Waals surface area contributed by atoms with E-state index in [9.17, 15) is 15.3 Å². The molecule has 0 spiro atoms. The SMILES string of the molecule is CC(C)(C)C(=O)[C@H]1[C@H](c2cccnc2)C(C#N)(C#N)[C@H]2C=Cc3ccccc3N12. The van der Waals surface area contributed by atoms with Crippen molar-refractivity contribution < 1.29 is 4.79 Å². The maximum atomic E-state index is 13.7. The van der Waals surface area contributed by atoms with Crippen LogP contribution in [0, 0.1) is 33.5 Å². The second-order valence-corrected chi connectivity index (χ2v) is 8.69. The highest BCUT2D eigenvalue weighted by Crippen LogP contribution is 2.55. The molecule has 0 N–H and O–H groups in total. The maximum Gasteiger partial charge on any atom is 0.176 e. The second-order valence-electron chi connectivity index (χ2n) is 8.69. The number of carbonyl (C=O) groups is 1. The summed E-state index contributed by atoms with van der Waals surface area (Å²) < 4.78 is 0. The number of anilines is 1. The molecular formula is C24H22N4O. The quantitative estimate of drug-likeness (QED) is 0.781. The highest BCUT2D eigenvalue weighted by molar-refractivity contribution is 5.96. The third-order valence-electron chi connectivity index (χ3n) is 5.97. The summed E-state index contributed by atoms with van der Waals surface area (Å²) in [6, 6.07) is 14.9. The fourth-order valence-corrected chi connectivity index (χ4v) is 4.61. The van der Waals surface area contributed by atoms with Crippen LogP contribution in [0.25, 0.3) is 6.08 Å². The van der Waals surface area contributed by atoms with Crippen molar-refractivity contribution in [2.75, 3.05) is 4.90 Å². The molecule has 0 amide bonds. The normalized spacial score (nSPS) is 24.2. The van der Waals surface area contributed by atoms with Crippen LogP contribution in [-0.2, 0) is 4.79 Å². The van der Waals surface area contributed by atoms with Crippen LogP contribution in [-0.4, -0.2) is 22.9 Å². The predicted molar refractivity (Wildman–Crippen MR) is 111 cm³/mol. The van der Waals surface area contributed by atoms with Crippen LogP contribution in [0.1, 0.15) is 37.8 Å². The summed E-state index contributed by atoms with van der Waals surface area (Å²) in [5.74, 6) is -0.604. The molecule has 4 rings (SSSR count). The zero-order valence-electron chi connectivity index (χ0n) is 16.7. The number of nitriles is 2. The first-order valence-electron chi connectivity index (χ1n) is 9.67. The van der Waals surface area contributed by atoms with Crippen LogP contribution in [0.15, 0.2) is 54.9 Å². The minimum atomic E-state index is -1.40. The van der Waals surface area contributed by atoms with Crippen LogP contribution < -0.4 is 4.90 Å². The van der Waals surface area contributed by atoms with Crippen molar-refractivity contribution >= 4 is 17.5 Å². The lowest BCUT2D eigenvalue weighted by atomic mass is 9.68. The van der Waals surface area contributed by atoms with Gasteiger partial charge in [-0.1, -0.05) is 57.2 Å². The molecule has 2 aromatic rings. The van der Waals surface area contributed by atoms with Gasteiger partial charge in [-0.15, -0.1) is 0 Å². The van der Waals surface area contributed by atoms with E-state index in [1.807, 2.05) is 68.2 Å². The number of benzene rings is 1. The number of rotatable bonds is 2. The van der Waals surface area contributed by atoms with Crippen molar-refractivity contribution in [3.63, 3.8) is 0 Å². The Balaban J connectivity index is 2.03. The van der Waals surface area contributed by atoms with Gasteiger partial charge in [0.2, 0.25) is 0 Å². The monoisotopic (exact) mass is 382 g/mol. The minimum Gasteiger partial charge on any atom is -0.351 e. The lowest BCUT2D eigenvalue weighted by Gasteiger charge is -2.37. The summed E-state index contributed by atoms with van der Waals surface area (Å²) in [5.41, 5.74) is 0.556. The standard InChI is InChI=1S/C24H22N4O/c1-23(2,3)22(29)21-20(17-8-6-12-27-13-17)24(14-25,15-26)19-11-10-16-7-4-5-9-18(16)28(19)21/h4-13,19-21H,1-3H3/t19-,20+,21-/m1/s1. The molecule has 3 atom stereocenters. The van der Waals surface area contributed by atoms with Crippen LogP contribution in [0.5, 0.6) is 0 Å². The van der Waals surface area contributed by atoms with Crippen molar-refractivity contribution in [3.8, 4) is 12.1 Å². The molecule has 2 aliphatic heterocycles. The Labute approximate surface area is 170 Å². The number of hydrogen-bond acceptors (Lipinski definition) is 5. The lowest BCUT2D eigenvalue weighted by Crippen LogP contribution is -2.47. The Hall–Kier alpha value is -3.44. The molecule has 0 saturated carbocycles. The molecular weight excluding hydrogens is 360 g/mol. The van der Waals surface area contributed by atoms with Gasteiger partial charge in [0, 0.05) is 29.4 Å². The van der Waals surface area contributed by atoms with Crippen molar-refractivity contribution in [3.05, 3.63) is 66.0 Å². The van der Waals surface area contributed by atoms with Gasteiger partial charge < -0.3 is 4.90 Å². The molecule has 2 aliphatic rings. The Kier molecular flexibility index (Phi) is 4.28. The van der Waals surface area contributed by atoms with Crippen molar-refractivity contribution in [1.82, 2.24) is 4.98 Å². The van der Waals surface area contributed by atoms with Gasteiger partial charge in [0.05, 0.1) is 24.2 Å². The average Bonchev–Trinajstić information content (AvgIpc) is 3.04. The molecule has 5 heteroatoms. The first-order valence-corrected chi connectivity index (χ1v) is 9.67. The van der Waals surface area contributed by atoms with E-state index in [4.69, 9.17) is 0 Å². The number of hydrogen-bond donors (Lipinski definition) is 0. The lowest BCUT2D eigenvalue weighted by molar-refractivity contribution is -0.127. The number of aromatic nitrogens is 1. The highest BCUT2D eigenvalue weighted by Gasteiger charge is 2.64. The number of Topliss-reactive ketones (excluding diaryl/α,β-unsaturated/α-hetero) is 1. The van der Waals surface area contributed by atoms with Crippen LogP contribution >= 0.6 is 0 Å². The van der Waals surface area contributed by atoms with Gasteiger partial charge in [0.1, 0.15) is 0 Å². The fraction of sp³-hybridized carbons (Fsp3) is 0.333. The van der Waals surface area contributed by atoms with E-state index in [0.717, 1.165) is 16.8 Å². The molecule has 0 unspecified atom stereocenters. The van der Waals surface area contributed by atoms with Crippen LogP contribution in [0.2, 0.25) is 0 Å². The summed E-state index contributed by atoms with van der Waals surface area (Å²) in [4.78, 5) is 19.9. The highest BCUT2D eigenvalue weighted by atomic mass is 16.1. The third-order valence-corrected chi connectivity index (χ3v) is 5.97.